The number of aliphatic hydroxyl groups is 1. The van der Waals surface area contributed by atoms with E-state index in [2.05, 4.69) is 14.8 Å². The van der Waals surface area contributed by atoms with Crippen molar-refractivity contribution in [3.63, 3.8) is 0 Å². The number of para-hydroxylation sites is 1. The highest BCUT2D eigenvalue weighted by atomic mass is 32.1. The zero-order valence-electron chi connectivity index (χ0n) is 17.9. The van der Waals surface area contributed by atoms with Crippen LogP contribution < -0.4 is 5.01 Å². The lowest BCUT2D eigenvalue weighted by atomic mass is 10.0. The van der Waals surface area contributed by atoms with Crippen molar-refractivity contribution < 1.29 is 9.90 Å². The molecule has 1 fully saturated rings. The molecule has 7 nitrogen and oxygen atoms in total. The molecular weight excluding hydrogens is 422 g/mol. The molecule has 0 atom stereocenters. The SMILES string of the molecule is CC(=C1C(=O)N(c2nc3ccccc3s2)N=C1c1ccccc1)N1CCN(CCO)CC1. The van der Waals surface area contributed by atoms with E-state index in [0.717, 1.165) is 47.7 Å². The number of β-amino-alcohol motifs (C(OH)–C–C–N with tert-alkyl or cyclic N) is 1. The molecule has 164 valence electrons. The number of benzene rings is 2. The van der Waals surface area contributed by atoms with Gasteiger partial charge in [0.2, 0.25) is 5.13 Å². The number of carbonyl (C=O) groups is 1. The average molecular weight is 448 g/mol. The number of hydrogen-bond acceptors (Lipinski definition) is 7. The standard InChI is InChI=1S/C24H25N5O2S/c1-17(28-13-11-27(12-14-28)15-16-30)21-22(18-7-3-2-4-8-18)26-29(23(21)31)24-25-19-9-5-6-10-20(19)32-24/h2-10,30H,11-16H2,1H3. The smallest absolute Gasteiger partial charge is 0.284 e. The quantitative estimate of drug-likeness (QED) is 0.609. The van der Waals surface area contributed by atoms with Gasteiger partial charge >= 0.3 is 0 Å². The van der Waals surface area contributed by atoms with Gasteiger partial charge in [-0.1, -0.05) is 53.8 Å². The van der Waals surface area contributed by atoms with Crippen LogP contribution in [-0.4, -0.2) is 70.8 Å². The summed E-state index contributed by atoms with van der Waals surface area (Å²) in [5.74, 6) is -0.141. The summed E-state index contributed by atoms with van der Waals surface area (Å²) in [7, 11) is 0. The van der Waals surface area contributed by atoms with E-state index in [9.17, 15) is 9.90 Å². The van der Waals surface area contributed by atoms with Gasteiger partial charge in [0.25, 0.3) is 5.91 Å². The van der Waals surface area contributed by atoms with Crippen LogP contribution in [0.3, 0.4) is 0 Å². The van der Waals surface area contributed by atoms with Crippen molar-refractivity contribution in [3.8, 4) is 0 Å². The molecule has 0 bridgehead atoms. The number of hydrogen-bond donors (Lipinski definition) is 1. The van der Waals surface area contributed by atoms with Crippen LogP contribution in [0.1, 0.15) is 12.5 Å². The molecule has 8 heteroatoms. The Bertz CT molecular complexity index is 1160. The summed E-state index contributed by atoms with van der Waals surface area (Å²) in [6.45, 7) is 6.20. The van der Waals surface area contributed by atoms with Crippen molar-refractivity contribution in [2.45, 2.75) is 6.92 Å². The highest BCUT2D eigenvalue weighted by Gasteiger charge is 2.36. The molecule has 5 rings (SSSR count). The van der Waals surface area contributed by atoms with Gasteiger partial charge in [-0.2, -0.15) is 10.1 Å². The van der Waals surface area contributed by atoms with Crippen LogP contribution in [0.5, 0.6) is 0 Å². The van der Waals surface area contributed by atoms with Gasteiger partial charge in [0.1, 0.15) is 5.71 Å². The summed E-state index contributed by atoms with van der Waals surface area (Å²) in [6.07, 6.45) is 0. The minimum atomic E-state index is -0.141. The summed E-state index contributed by atoms with van der Waals surface area (Å²) >= 11 is 1.47. The average Bonchev–Trinajstić information content (AvgIpc) is 3.41. The fraction of sp³-hybridized carbons (Fsp3) is 0.292. The first-order valence-corrected chi connectivity index (χ1v) is 11.6. The van der Waals surface area contributed by atoms with E-state index in [0.29, 0.717) is 23.0 Å². The molecule has 0 unspecified atom stereocenters. The molecule has 2 aromatic carbocycles. The van der Waals surface area contributed by atoms with Gasteiger partial charge in [-0.05, 0) is 19.1 Å². The molecule has 2 aliphatic rings. The Kier molecular flexibility index (Phi) is 5.73. The van der Waals surface area contributed by atoms with Crippen LogP contribution in [0.25, 0.3) is 10.2 Å². The number of anilines is 1. The largest absolute Gasteiger partial charge is 0.395 e. The third-order valence-electron chi connectivity index (χ3n) is 5.98. The maximum atomic E-state index is 13.7. The maximum Gasteiger partial charge on any atom is 0.284 e. The van der Waals surface area contributed by atoms with E-state index >= 15 is 0 Å². The van der Waals surface area contributed by atoms with E-state index in [1.807, 2.05) is 61.5 Å². The molecule has 32 heavy (non-hydrogen) atoms. The number of thiazole rings is 1. The number of allylic oxidation sites excluding steroid dienone is 1. The first kappa shape index (κ1) is 20.8. The number of aliphatic hydroxyl groups excluding tert-OH is 1. The van der Waals surface area contributed by atoms with Crippen LogP contribution in [0, 0.1) is 0 Å². The normalized spacial score (nSPS) is 19.1. The van der Waals surface area contributed by atoms with Gasteiger partial charge in [-0.25, -0.2) is 4.98 Å². The summed E-state index contributed by atoms with van der Waals surface area (Å²) in [4.78, 5) is 22.8. The number of fused-ring (bicyclic) bond motifs is 1. The molecule has 3 aromatic rings. The Labute approximate surface area is 190 Å². The fourth-order valence-corrected chi connectivity index (χ4v) is 5.13. The Morgan fingerprint density at radius 2 is 1.75 bits per heavy atom. The lowest BCUT2D eigenvalue weighted by Crippen LogP contribution is -2.46. The molecular formula is C24H25N5O2S. The third-order valence-corrected chi connectivity index (χ3v) is 6.99. The van der Waals surface area contributed by atoms with Gasteiger partial charge in [0, 0.05) is 44.0 Å². The molecule has 1 N–H and O–H groups in total. The molecule has 1 amide bonds. The van der Waals surface area contributed by atoms with E-state index in [4.69, 9.17) is 5.10 Å². The van der Waals surface area contributed by atoms with Crippen LogP contribution >= 0.6 is 11.3 Å². The second-order valence-electron chi connectivity index (χ2n) is 7.91. The third kappa shape index (κ3) is 3.81. The van der Waals surface area contributed by atoms with Gasteiger partial charge in [0.05, 0.1) is 22.4 Å². The molecule has 3 heterocycles. The molecule has 1 saturated heterocycles. The Morgan fingerprint density at radius 1 is 1.03 bits per heavy atom. The summed E-state index contributed by atoms with van der Waals surface area (Å²) < 4.78 is 1.03. The van der Waals surface area contributed by atoms with Gasteiger partial charge < -0.3 is 10.0 Å². The second-order valence-corrected chi connectivity index (χ2v) is 8.92. The lowest BCUT2D eigenvalue weighted by Gasteiger charge is -2.36. The maximum absolute atomic E-state index is 13.7. The zero-order valence-corrected chi connectivity index (χ0v) is 18.8. The van der Waals surface area contributed by atoms with Crippen molar-refractivity contribution in [1.82, 2.24) is 14.8 Å². The van der Waals surface area contributed by atoms with Gasteiger partial charge in [0.15, 0.2) is 0 Å². The van der Waals surface area contributed by atoms with Crippen LogP contribution in [0.2, 0.25) is 0 Å². The summed E-state index contributed by atoms with van der Waals surface area (Å²) in [5.41, 5.74) is 4.03. The summed E-state index contributed by atoms with van der Waals surface area (Å²) in [5, 5.41) is 16.0. The number of carbonyl (C=O) groups excluding carboxylic acids is 1. The van der Waals surface area contributed by atoms with E-state index in [1.165, 1.54) is 16.3 Å². The van der Waals surface area contributed by atoms with Gasteiger partial charge in [-0.15, -0.1) is 0 Å². The van der Waals surface area contributed by atoms with E-state index in [-0.39, 0.29) is 12.5 Å². The number of amides is 1. The molecule has 0 spiro atoms. The molecule has 0 saturated carbocycles. The van der Waals surface area contributed by atoms with Gasteiger partial charge in [-0.3, -0.25) is 9.69 Å². The highest BCUT2D eigenvalue weighted by molar-refractivity contribution is 7.22. The highest BCUT2D eigenvalue weighted by Crippen LogP contribution is 2.34. The first-order chi connectivity index (χ1) is 15.7. The van der Waals surface area contributed by atoms with E-state index < -0.39 is 0 Å². The number of aromatic nitrogens is 1. The summed E-state index contributed by atoms with van der Waals surface area (Å²) in [6, 6.07) is 17.7. The lowest BCUT2D eigenvalue weighted by molar-refractivity contribution is -0.114. The van der Waals surface area contributed by atoms with Crippen LogP contribution in [0.4, 0.5) is 5.13 Å². The van der Waals surface area contributed by atoms with Crippen LogP contribution in [0.15, 0.2) is 71.0 Å². The molecule has 2 aliphatic heterocycles. The van der Waals surface area contributed by atoms with Crippen LogP contribution in [-0.2, 0) is 4.79 Å². The molecule has 0 aliphatic carbocycles. The first-order valence-electron chi connectivity index (χ1n) is 10.8. The fourth-order valence-electron chi connectivity index (χ4n) is 4.21. The molecule has 0 radical (unpaired) electrons. The van der Waals surface area contributed by atoms with Crippen molar-refractivity contribution in [2.75, 3.05) is 44.3 Å². The minimum absolute atomic E-state index is 0.141. The Balaban J connectivity index is 1.53. The second kappa shape index (κ2) is 8.82. The minimum Gasteiger partial charge on any atom is -0.395 e. The number of rotatable bonds is 5. The Hall–Kier alpha value is -3.07. The Morgan fingerprint density at radius 3 is 2.47 bits per heavy atom. The zero-order chi connectivity index (χ0) is 22.1. The number of nitrogens with zero attached hydrogens (tertiary/aromatic N) is 5. The predicted molar refractivity (Wildman–Crippen MR) is 128 cm³/mol. The van der Waals surface area contributed by atoms with Crippen molar-refractivity contribution in [1.29, 1.82) is 0 Å². The number of piperazine rings is 1. The number of hydrazone groups is 1. The predicted octanol–water partition coefficient (Wildman–Crippen LogP) is 2.93. The van der Waals surface area contributed by atoms with Crippen molar-refractivity contribution >= 4 is 38.3 Å². The van der Waals surface area contributed by atoms with E-state index in [1.54, 1.807) is 0 Å². The molecule has 1 aromatic heterocycles. The topological polar surface area (TPSA) is 72.3 Å². The monoisotopic (exact) mass is 447 g/mol. The van der Waals surface area contributed by atoms with Crippen molar-refractivity contribution in [2.24, 2.45) is 5.10 Å². The van der Waals surface area contributed by atoms with Crippen molar-refractivity contribution in [3.05, 3.63) is 71.4 Å².